The average molecular weight is 410 g/mol. The van der Waals surface area contributed by atoms with Crippen LogP contribution in [0.15, 0.2) is 47.1 Å². The molecule has 2 N–H and O–H groups in total. The zero-order valence-electron chi connectivity index (χ0n) is 16.1. The van der Waals surface area contributed by atoms with Crippen LogP contribution in [0.4, 0.5) is 10.7 Å². The van der Waals surface area contributed by atoms with Crippen molar-refractivity contribution in [3.8, 4) is 5.75 Å². The lowest BCUT2D eigenvalue weighted by Gasteiger charge is -2.10. The highest BCUT2D eigenvalue weighted by atomic mass is 32.1. The molecule has 0 fully saturated rings. The third-order valence-electron chi connectivity index (χ3n) is 4.97. The SMILES string of the molecule is COc1ccc(NC(=O)c2c(NC(=O)c3ccco3)sc3c2CCCCC3)cc1. The number of furan rings is 1. The molecule has 7 heteroatoms. The maximum absolute atomic E-state index is 13.2. The zero-order valence-corrected chi connectivity index (χ0v) is 16.9. The topological polar surface area (TPSA) is 80.6 Å². The zero-order chi connectivity index (χ0) is 20.2. The van der Waals surface area contributed by atoms with E-state index in [0.717, 1.165) is 43.4 Å². The van der Waals surface area contributed by atoms with Crippen LogP contribution >= 0.6 is 11.3 Å². The van der Waals surface area contributed by atoms with Gasteiger partial charge in [0, 0.05) is 10.6 Å². The molecule has 1 aromatic carbocycles. The van der Waals surface area contributed by atoms with Crippen LogP contribution in [0.5, 0.6) is 5.75 Å². The van der Waals surface area contributed by atoms with Crippen LogP contribution in [0.1, 0.15) is 50.6 Å². The van der Waals surface area contributed by atoms with Crippen molar-refractivity contribution < 1.29 is 18.7 Å². The molecular formula is C22H22N2O4S. The molecule has 0 aliphatic heterocycles. The van der Waals surface area contributed by atoms with Gasteiger partial charge < -0.3 is 19.8 Å². The minimum Gasteiger partial charge on any atom is -0.497 e. The number of fused-ring (bicyclic) bond motifs is 1. The quantitative estimate of drug-likeness (QED) is 0.572. The van der Waals surface area contributed by atoms with Gasteiger partial charge in [0.05, 0.1) is 18.9 Å². The first-order valence-electron chi connectivity index (χ1n) is 9.60. The van der Waals surface area contributed by atoms with E-state index in [1.54, 1.807) is 43.5 Å². The summed E-state index contributed by atoms with van der Waals surface area (Å²) in [4.78, 5) is 26.9. The molecule has 1 aliphatic carbocycles. The predicted octanol–water partition coefficient (Wildman–Crippen LogP) is 5.12. The Balaban J connectivity index is 1.64. The number of rotatable bonds is 5. The standard InChI is InChI=1S/C22H22N2O4S/c1-27-15-11-9-14(10-12-15)23-21(26)19-16-6-3-2-4-8-18(16)29-22(19)24-20(25)17-7-5-13-28-17/h5,7,9-13H,2-4,6,8H2,1H3,(H,23,26)(H,24,25). The van der Waals surface area contributed by atoms with Gasteiger partial charge in [0.15, 0.2) is 5.76 Å². The lowest BCUT2D eigenvalue weighted by molar-refractivity contribution is 0.0997. The third-order valence-corrected chi connectivity index (χ3v) is 6.18. The molecule has 3 aromatic rings. The highest BCUT2D eigenvalue weighted by Crippen LogP contribution is 2.38. The molecule has 0 saturated carbocycles. The maximum atomic E-state index is 13.2. The molecule has 2 aromatic heterocycles. The van der Waals surface area contributed by atoms with Crippen LogP contribution in [0.2, 0.25) is 0 Å². The fourth-order valence-electron chi connectivity index (χ4n) is 3.51. The minimum absolute atomic E-state index is 0.218. The Morgan fingerprint density at radius 2 is 1.79 bits per heavy atom. The molecule has 1 aliphatic rings. The first kappa shape index (κ1) is 19.3. The number of carbonyl (C=O) groups is 2. The Bertz CT molecular complexity index is 1010. The summed E-state index contributed by atoms with van der Waals surface area (Å²) < 4.78 is 10.4. The van der Waals surface area contributed by atoms with Gasteiger partial charge in [-0.2, -0.15) is 0 Å². The number of methoxy groups -OCH3 is 1. The van der Waals surface area contributed by atoms with Crippen molar-refractivity contribution in [2.75, 3.05) is 17.7 Å². The van der Waals surface area contributed by atoms with Crippen molar-refractivity contribution in [2.24, 2.45) is 0 Å². The van der Waals surface area contributed by atoms with Crippen molar-refractivity contribution in [3.63, 3.8) is 0 Å². The van der Waals surface area contributed by atoms with E-state index in [2.05, 4.69) is 10.6 Å². The lowest BCUT2D eigenvalue weighted by Crippen LogP contribution is -2.18. The second kappa shape index (κ2) is 8.53. The minimum atomic E-state index is -0.357. The normalized spacial score (nSPS) is 13.3. The summed E-state index contributed by atoms with van der Waals surface area (Å²) in [5, 5.41) is 6.41. The highest BCUT2D eigenvalue weighted by Gasteiger charge is 2.26. The van der Waals surface area contributed by atoms with Crippen LogP contribution in [0, 0.1) is 0 Å². The van der Waals surface area contributed by atoms with E-state index >= 15 is 0 Å². The molecule has 2 heterocycles. The second-order valence-corrected chi connectivity index (χ2v) is 7.99. The number of amides is 2. The van der Waals surface area contributed by atoms with Crippen LogP contribution in [0.3, 0.4) is 0 Å². The Hall–Kier alpha value is -3.06. The van der Waals surface area contributed by atoms with E-state index in [9.17, 15) is 9.59 Å². The summed E-state index contributed by atoms with van der Waals surface area (Å²) >= 11 is 1.49. The Labute approximate surface area is 172 Å². The fraction of sp³-hybridized carbons (Fsp3) is 0.273. The van der Waals surface area contributed by atoms with E-state index in [1.165, 1.54) is 22.5 Å². The lowest BCUT2D eigenvalue weighted by atomic mass is 10.0. The largest absolute Gasteiger partial charge is 0.497 e. The van der Waals surface area contributed by atoms with E-state index < -0.39 is 0 Å². The molecule has 0 radical (unpaired) electrons. The Morgan fingerprint density at radius 1 is 1.00 bits per heavy atom. The number of anilines is 2. The number of ether oxygens (including phenoxy) is 1. The highest BCUT2D eigenvalue weighted by molar-refractivity contribution is 7.17. The number of hydrogen-bond acceptors (Lipinski definition) is 5. The summed E-state index contributed by atoms with van der Waals surface area (Å²) in [6, 6.07) is 10.4. The molecule has 0 saturated heterocycles. The van der Waals surface area contributed by atoms with Crippen LogP contribution in [-0.2, 0) is 12.8 Å². The van der Waals surface area contributed by atoms with E-state index in [1.807, 2.05) is 0 Å². The van der Waals surface area contributed by atoms with Gasteiger partial charge >= 0.3 is 0 Å². The van der Waals surface area contributed by atoms with Crippen LogP contribution < -0.4 is 15.4 Å². The number of nitrogens with one attached hydrogen (secondary N) is 2. The summed E-state index contributed by atoms with van der Waals surface area (Å²) in [6.07, 6.45) is 6.51. The molecule has 0 spiro atoms. The summed E-state index contributed by atoms with van der Waals surface area (Å²) in [5.74, 6) is 0.364. The first-order valence-corrected chi connectivity index (χ1v) is 10.4. The number of carbonyl (C=O) groups excluding carboxylic acids is 2. The molecular weight excluding hydrogens is 388 g/mol. The van der Waals surface area contributed by atoms with Gasteiger partial charge in [-0.05, 0) is 67.6 Å². The molecule has 0 unspecified atom stereocenters. The number of benzene rings is 1. The number of hydrogen-bond donors (Lipinski definition) is 2. The van der Waals surface area contributed by atoms with Crippen molar-refractivity contribution >= 4 is 33.8 Å². The summed E-state index contributed by atoms with van der Waals surface area (Å²) in [5.41, 5.74) is 2.28. The van der Waals surface area contributed by atoms with Gasteiger partial charge in [-0.1, -0.05) is 6.42 Å². The number of thiophene rings is 1. The predicted molar refractivity (Wildman–Crippen MR) is 113 cm³/mol. The molecule has 4 rings (SSSR count). The van der Waals surface area contributed by atoms with Crippen molar-refractivity contribution in [2.45, 2.75) is 32.1 Å². The summed E-state index contributed by atoms with van der Waals surface area (Å²) in [6.45, 7) is 0. The molecule has 0 bridgehead atoms. The molecule has 150 valence electrons. The Morgan fingerprint density at radius 3 is 2.52 bits per heavy atom. The van der Waals surface area contributed by atoms with Crippen molar-refractivity contribution in [3.05, 3.63) is 64.4 Å². The van der Waals surface area contributed by atoms with Gasteiger partial charge in [-0.15, -0.1) is 11.3 Å². The van der Waals surface area contributed by atoms with Crippen LogP contribution in [0.25, 0.3) is 0 Å². The monoisotopic (exact) mass is 410 g/mol. The molecule has 0 atom stereocenters. The maximum Gasteiger partial charge on any atom is 0.291 e. The van der Waals surface area contributed by atoms with E-state index in [0.29, 0.717) is 16.3 Å². The molecule has 29 heavy (non-hydrogen) atoms. The molecule has 2 amide bonds. The van der Waals surface area contributed by atoms with Gasteiger partial charge in [-0.3, -0.25) is 9.59 Å². The van der Waals surface area contributed by atoms with E-state index in [4.69, 9.17) is 9.15 Å². The van der Waals surface area contributed by atoms with Crippen molar-refractivity contribution in [1.82, 2.24) is 0 Å². The second-order valence-electron chi connectivity index (χ2n) is 6.88. The first-order chi connectivity index (χ1) is 14.2. The Kier molecular flexibility index (Phi) is 5.67. The van der Waals surface area contributed by atoms with E-state index in [-0.39, 0.29) is 17.6 Å². The smallest absolute Gasteiger partial charge is 0.291 e. The number of aryl methyl sites for hydroxylation is 1. The van der Waals surface area contributed by atoms with Gasteiger partial charge in [0.25, 0.3) is 11.8 Å². The average Bonchev–Trinajstić information content (AvgIpc) is 3.32. The molecule has 6 nitrogen and oxygen atoms in total. The van der Waals surface area contributed by atoms with Gasteiger partial charge in [-0.25, -0.2) is 0 Å². The van der Waals surface area contributed by atoms with Gasteiger partial charge in [0.2, 0.25) is 0 Å². The van der Waals surface area contributed by atoms with Crippen LogP contribution in [-0.4, -0.2) is 18.9 Å². The van der Waals surface area contributed by atoms with Gasteiger partial charge in [0.1, 0.15) is 10.8 Å². The fourth-order valence-corrected chi connectivity index (χ4v) is 4.79. The summed E-state index contributed by atoms with van der Waals surface area (Å²) in [7, 11) is 1.60. The third kappa shape index (κ3) is 4.19. The van der Waals surface area contributed by atoms with Crippen molar-refractivity contribution in [1.29, 1.82) is 0 Å².